The predicted molar refractivity (Wildman–Crippen MR) is 38.2 cm³/mol. The van der Waals surface area contributed by atoms with Crippen LogP contribution in [0, 0.1) is 11.8 Å². The molecule has 1 aliphatic heterocycles. The zero-order chi connectivity index (χ0) is 8.72. The Hall–Kier alpha value is -0.900. The lowest BCUT2D eigenvalue weighted by atomic mass is 9.94. The molecule has 1 aliphatic carbocycles. The number of esters is 1. The zero-order valence-corrected chi connectivity index (χ0v) is 6.47. The van der Waals surface area contributed by atoms with E-state index in [1.807, 2.05) is 0 Å². The molecule has 1 N–H and O–H groups in total. The van der Waals surface area contributed by atoms with Gasteiger partial charge in [-0.1, -0.05) is 0 Å². The summed E-state index contributed by atoms with van der Waals surface area (Å²) in [4.78, 5) is 21.3. The summed E-state index contributed by atoms with van der Waals surface area (Å²) in [5.74, 6) is -0.727. The number of aliphatic hydroxyl groups excluding tert-OH is 1. The molecule has 4 nitrogen and oxygen atoms in total. The lowest BCUT2D eigenvalue weighted by molar-refractivity contribution is -0.141. The van der Waals surface area contributed by atoms with Gasteiger partial charge < -0.3 is 14.6 Å². The van der Waals surface area contributed by atoms with Crippen LogP contribution in [0.3, 0.4) is 0 Å². The minimum atomic E-state index is -0.620. The van der Waals surface area contributed by atoms with Gasteiger partial charge in [-0.15, -0.1) is 0 Å². The van der Waals surface area contributed by atoms with Crippen molar-refractivity contribution in [3.63, 3.8) is 0 Å². The molecule has 66 valence electrons. The summed E-state index contributed by atoms with van der Waals surface area (Å²) >= 11 is 0. The number of fused-ring (bicyclic) bond motifs is 1. The van der Waals surface area contributed by atoms with Crippen molar-refractivity contribution in [2.24, 2.45) is 11.8 Å². The number of carbonyl (C=O) groups is 2. The standard InChI is InChI=1S/C8H10O4/c9-3-5-4-1-8(11)12-7(4)2-6(5)10/h3-7,10H,1-2H2/t4-,5-,6-,7+/m1/s1. The first kappa shape index (κ1) is 7.73. The maximum absolute atomic E-state index is 10.8. The van der Waals surface area contributed by atoms with Gasteiger partial charge in [-0.2, -0.15) is 0 Å². The van der Waals surface area contributed by atoms with Crippen molar-refractivity contribution in [2.75, 3.05) is 0 Å². The Bertz CT molecular complexity index is 225. The molecule has 0 aromatic heterocycles. The van der Waals surface area contributed by atoms with E-state index in [-0.39, 0.29) is 24.4 Å². The molecule has 1 heterocycles. The fourth-order valence-electron chi connectivity index (χ4n) is 2.11. The van der Waals surface area contributed by atoms with Crippen LogP contribution in [0.25, 0.3) is 0 Å². The zero-order valence-electron chi connectivity index (χ0n) is 6.47. The summed E-state index contributed by atoms with van der Waals surface area (Å²) in [7, 11) is 0. The van der Waals surface area contributed by atoms with Crippen molar-refractivity contribution in [3.8, 4) is 0 Å². The minimum Gasteiger partial charge on any atom is -0.462 e. The van der Waals surface area contributed by atoms with Gasteiger partial charge in [-0.3, -0.25) is 4.79 Å². The van der Waals surface area contributed by atoms with Gasteiger partial charge in [0, 0.05) is 18.3 Å². The molecular weight excluding hydrogens is 160 g/mol. The Morgan fingerprint density at radius 3 is 3.00 bits per heavy atom. The number of rotatable bonds is 1. The van der Waals surface area contributed by atoms with Gasteiger partial charge in [0.15, 0.2) is 0 Å². The van der Waals surface area contributed by atoms with E-state index in [0.717, 1.165) is 6.29 Å². The van der Waals surface area contributed by atoms with Gasteiger partial charge in [0.05, 0.1) is 12.5 Å². The smallest absolute Gasteiger partial charge is 0.306 e. The number of aliphatic hydroxyl groups is 1. The predicted octanol–water partition coefficient (Wildman–Crippen LogP) is -0.502. The van der Waals surface area contributed by atoms with E-state index in [9.17, 15) is 14.7 Å². The van der Waals surface area contributed by atoms with Crippen LogP contribution in [-0.4, -0.2) is 29.6 Å². The molecule has 0 unspecified atom stereocenters. The van der Waals surface area contributed by atoms with E-state index in [4.69, 9.17) is 4.74 Å². The van der Waals surface area contributed by atoms with Crippen molar-refractivity contribution in [2.45, 2.75) is 25.0 Å². The number of carbonyl (C=O) groups excluding carboxylic acids is 2. The van der Waals surface area contributed by atoms with E-state index in [0.29, 0.717) is 6.42 Å². The number of aldehydes is 1. The topological polar surface area (TPSA) is 63.6 Å². The van der Waals surface area contributed by atoms with E-state index in [1.54, 1.807) is 0 Å². The molecule has 4 atom stereocenters. The molecule has 12 heavy (non-hydrogen) atoms. The molecule has 2 fully saturated rings. The molecule has 2 rings (SSSR count). The summed E-state index contributed by atoms with van der Waals surface area (Å²) < 4.78 is 4.93. The molecule has 0 amide bonds. The molecule has 0 aromatic rings. The first-order valence-corrected chi connectivity index (χ1v) is 4.05. The van der Waals surface area contributed by atoms with Crippen molar-refractivity contribution in [1.82, 2.24) is 0 Å². The largest absolute Gasteiger partial charge is 0.462 e. The second kappa shape index (κ2) is 2.55. The minimum absolute atomic E-state index is 0.0787. The van der Waals surface area contributed by atoms with Gasteiger partial charge in [0.25, 0.3) is 0 Å². The first-order valence-electron chi connectivity index (χ1n) is 4.05. The molecule has 4 heteroatoms. The lowest BCUT2D eigenvalue weighted by Crippen LogP contribution is -2.21. The van der Waals surface area contributed by atoms with Crippen LogP contribution >= 0.6 is 0 Å². The quantitative estimate of drug-likeness (QED) is 0.425. The molecule has 0 spiro atoms. The van der Waals surface area contributed by atoms with Crippen LogP contribution in [-0.2, 0) is 14.3 Å². The maximum Gasteiger partial charge on any atom is 0.306 e. The van der Waals surface area contributed by atoms with Crippen molar-refractivity contribution < 1.29 is 19.4 Å². The van der Waals surface area contributed by atoms with Gasteiger partial charge in [0.1, 0.15) is 12.4 Å². The molecule has 1 saturated heterocycles. The van der Waals surface area contributed by atoms with Crippen LogP contribution < -0.4 is 0 Å². The van der Waals surface area contributed by atoms with E-state index in [1.165, 1.54) is 0 Å². The lowest BCUT2D eigenvalue weighted by Gasteiger charge is -2.10. The number of hydrogen-bond donors (Lipinski definition) is 1. The monoisotopic (exact) mass is 170 g/mol. The van der Waals surface area contributed by atoms with Gasteiger partial charge in [0.2, 0.25) is 0 Å². The van der Waals surface area contributed by atoms with Gasteiger partial charge in [-0.05, 0) is 0 Å². The molecule has 0 bridgehead atoms. The Labute approximate surface area is 69.5 Å². The van der Waals surface area contributed by atoms with E-state index >= 15 is 0 Å². The third kappa shape index (κ3) is 0.948. The molecule has 1 saturated carbocycles. The summed E-state index contributed by atoms with van der Waals surface area (Å²) in [5, 5.41) is 9.36. The van der Waals surface area contributed by atoms with Crippen molar-refractivity contribution in [3.05, 3.63) is 0 Å². The SMILES string of the molecule is O=C[C@@H]1[C@H]2CC(=O)O[C@H]2C[C@H]1O. The van der Waals surface area contributed by atoms with E-state index in [2.05, 4.69) is 0 Å². The normalized spacial score (nSPS) is 45.6. The molecule has 0 aromatic carbocycles. The van der Waals surface area contributed by atoms with Crippen molar-refractivity contribution in [1.29, 1.82) is 0 Å². The van der Waals surface area contributed by atoms with Crippen LogP contribution in [0.15, 0.2) is 0 Å². The van der Waals surface area contributed by atoms with Gasteiger partial charge in [-0.25, -0.2) is 0 Å². The van der Waals surface area contributed by atoms with E-state index < -0.39 is 12.0 Å². The van der Waals surface area contributed by atoms with Gasteiger partial charge >= 0.3 is 5.97 Å². The van der Waals surface area contributed by atoms with Crippen LogP contribution in [0.2, 0.25) is 0 Å². The summed E-state index contributed by atoms with van der Waals surface area (Å²) in [6.45, 7) is 0. The Morgan fingerprint density at radius 1 is 1.58 bits per heavy atom. The van der Waals surface area contributed by atoms with Crippen LogP contribution in [0.5, 0.6) is 0 Å². The average molecular weight is 170 g/mol. The highest BCUT2D eigenvalue weighted by Crippen LogP contribution is 2.40. The summed E-state index contributed by atoms with van der Waals surface area (Å²) in [5.41, 5.74) is 0. The third-order valence-electron chi connectivity index (χ3n) is 2.73. The summed E-state index contributed by atoms with van der Waals surface area (Å²) in [6, 6.07) is 0. The van der Waals surface area contributed by atoms with Crippen LogP contribution in [0.1, 0.15) is 12.8 Å². The summed E-state index contributed by atoms with van der Waals surface area (Å²) in [6.07, 6.45) is 0.593. The highest BCUT2D eigenvalue weighted by atomic mass is 16.6. The second-order valence-electron chi connectivity index (χ2n) is 3.41. The van der Waals surface area contributed by atoms with Crippen LogP contribution in [0.4, 0.5) is 0 Å². The highest BCUT2D eigenvalue weighted by Gasteiger charge is 2.49. The molecular formula is C8H10O4. The Morgan fingerprint density at radius 2 is 2.33 bits per heavy atom. The average Bonchev–Trinajstić information content (AvgIpc) is 2.43. The Kier molecular flexibility index (Phi) is 1.65. The van der Waals surface area contributed by atoms with Crippen molar-refractivity contribution >= 4 is 12.3 Å². The first-order chi connectivity index (χ1) is 5.72. The maximum atomic E-state index is 10.8. The fraction of sp³-hybridized carbons (Fsp3) is 0.750. The highest BCUT2D eigenvalue weighted by molar-refractivity contribution is 5.74. The molecule has 0 radical (unpaired) electrons. The number of hydrogen-bond acceptors (Lipinski definition) is 4. The number of ether oxygens (including phenoxy) is 1. The fourth-order valence-corrected chi connectivity index (χ4v) is 2.11. The molecule has 2 aliphatic rings. The third-order valence-corrected chi connectivity index (χ3v) is 2.73. The Balaban J connectivity index is 2.16. The second-order valence-corrected chi connectivity index (χ2v) is 3.41.